The molecule has 2 rings (SSSR count). The Bertz CT molecular complexity index is 459. The van der Waals surface area contributed by atoms with Gasteiger partial charge in [-0.15, -0.1) is 22.7 Å². The molecular weight excluding hydrogens is 226 g/mol. The normalized spacial score (nSPS) is 10.6. The fourth-order valence-electron chi connectivity index (χ4n) is 1.40. The molecule has 0 aliphatic rings. The van der Waals surface area contributed by atoms with Gasteiger partial charge in [0, 0.05) is 12.4 Å². The molecule has 3 nitrogen and oxygen atoms in total. The molecule has 2 aromatic rings. The summed E-state index contributed by atoms with van der Waals surface area (Å²) in [6.07, 6.45) is 0.964. The van der Waals surface area contributed by atoms with Crippen LogP contribution in [-0.4, -0.2) is 17.0 Å². The molecule has 0 radical (unpaired) electrons. The molecule has 80 valence electrons. The zero-order valence-corrected chi connectivity index (χ0v) is 10.6. The third-order valence-electron chi connectivity index (χ3n) is 2.09. The molecule has 0 saturated heterocycles. The number of nitrogens with one attached hydrogen (secondary N) is 1. The summed E-state index contributed by atoms with van der Waals surface area (Å²) in [5.41, 5.74) is 2.21. The summed E-state index contributed by atoms with van der Waals surface area (Å²) >= 11 is 3.35. The first-order valence-corrected chi connectivity index (χ1v) is 6.54. The number of hydrogen-bond acceptors (Lipinski definition) is 5. The Morgan fingerprint density at radius 1 is 1.40 bits per heavy atom. The number of aromatic nitrogens is 2. The molecular formula is C10H13N3S2. The van der Waals surface area contributed by atoms with Crippen LogP contribution >= 0.6 is 22.7 Å². The largest absolute Gasteiger partial charge is 0.365 e. The molecule has 2 heterocycles. The van der Waals surface area contributed by atoms with Gasteiger partial charge in [0.05, 0.1) is 21.3 Å². The fraction of sp³-hybridized carbons (Fsp3) is 0.400. The second-order valence-electron chi connectivity index (χ2n) is 3.15. The van der Waals surface area contributed by atoms with Crippen LogP contribution in [0.15, 0.2) is 5.38 Å². The lowest BCUT2D eigenvalue weighted by Crippen LogP contribution is -1.87. The molecule has 0 atom stereocenters. The van der Waals surface area contributed by atoms with E-state index >= 15 is 0 Å². The molecule has 0 aliphatic carbocycles. The van der Waals surface area contributed by atoms with Gasteiger partial charge >= 0.3 is 0 Å². The van der Waals surface area contributed by atoms with Crippen molar-refractivity contribution in [2.75, 3.05) is 12.4 Å². The van der Waals surface area contributed by atoms with E-state index < -0.39 is 0 Å². The number of thiazole rings is 2. The maximum absolute atomic E-state index is 4.50. The van der Waals surface area contributed by atoms with Crippen molar-refractivity contribution in [2.45, 2.75) is 20.3 Å². The predicted molar refractivity (Wildman–Crippen MR) is 66.9 cm³/mol. The lowest BCUT2D eigenvalue weighted by atomic mass is 10.2. The minimum Gasteiger partial charge on any atom is -0.365 e. The fourth-order valence-corrected chi connectivity index (χ4v) is 3.11. The van der Waals surface area contributed by atoms with E-state index in [1.54, 1.807) is 22.7 Å². The van der Waals surface area contributed by atoms with Crippen molar-refractivity contribution in [3.8, 4) is 10.6 Å². The molecule has 0 fully saturated rings. The first-order chi connectivity index (χ1) is 7.24. The van der Waals surface area contributed by atoms with Gasteiger partial charge in [0.15, 0.2) is 5.13 Å². The molecule has 1 N–H and O–H groups in total. The monoisotopic (exact) mass is 239 g/mol. The standard InChI is InChI=1S/C10H13N3S2/c1-4-7-9(15-6(2)12-7)8-5-14-10(11-3)13-8/h5H,4H2,1-3H3,(H,11,13). The van der Waals surface area contributed by atoms with Crippen molar-refractivity contribution >= 4 is 27.8 Å². The first kappa shape index (κ1) is 10.6. The predicted octanol–water partition coefficient (Wildman–Crippen LogP) is 3.18. The van der Waals surface area contributed by atoms with Gasteiger partial charge in [-0.3, -0.25) is 0 Å². The minimum atomic E-state index is 0.957. The zero-order valence-electron chi connectivity index (χ0n) is 9.00. The third kappa shape index (κ3) is 2.03. The van der Waals surface area contributed by atoms with Crippen LogP contribution in [0.3, 0.4) is 0 Å². The van der Waals surface area contributed by atoms with Gasteiger partial charge in [0.2, 0.25) is 0 Å². The van der Waals surface area contributed by atoms with Crippen LogP contribution in [0.5, 0.6) is 0 Å². The van der Waals surface area contributed by atoms with Gasteiger partial charge in [-0.25, -0.2) is 9.97 Å². The highest BCUT2D eigenvalue weighted by Crippen LogP contribution is 2.32. The lowest BCUT2D eigenvalue weighted by molar-refractivity contribution is 1.04. The van der Waals surface area contributed by atoms with Crippen LogP contribution in [-0.2, 0) is 6.42 Å². The average Bonchev–Trinajstić information content (AvgIpc) is 2.82. The number of rotatable bonds is 3. The molecule has 2 aromatic heterocycles. The second-order valence-corrected chi connectivity index (χ2v) is 5.21. The summed E-state index contributed by atoms with van der Waals surface area (Å²) < 4.78 is 0. The lowest BCUT2D eigenvalue weighted by Gasteiger charge is -1.94. The van der Waals surface area contributed by atoms with Gasteiger partial charge in [0.1, 0.15) is 0 Å². The van der Waals surface area contributed by atoms with Crippen molar-refractivity contribution < 1.29 is 0 Å². The van der Waals surface area contributed by atoms with Gasteiger partial charge in [-0.1, -0.05) is 6.92 Å². The third-order valence-corrected chi connectivity index (χ3v) is 3.99. The smallest absolute Gasteiger partial charge is 0.182 e. The first-order valence-electron chi connectivity index (χ1n) is 4.84. The van der Waals surface area contributed by atoms with Crippen molar-refractivity contribution in [3.63, 3.8) is 0 Å². The number of hydrogen-bond donors (Lipinski definition) is 1. The maximum atomic E-state index is 4.50. The van der Waals surface area contributed by atoms with Crippen LogP contribution in [0.25, 0.3) is 10.6 Å². The highest BCUT2D eigenvalue weighted by Gasteiger charge is 2.12. The highest BCUT2D eigenvalue weighted by atomic mass is 32.1. The highest BCUT2D eigenvalue weighted by molar-refractivity contribution is 7.16. The summed E-state index contributed by atoms with van der Waals surface area (Å²) in [6.45, 7) is 4.17. The van der Waals surface area contributed by atoms with E-state index in [9.17, 15) is 0 Å². The Morgan fingerprint density at radius 3 is 2.80 bits per heavy atom. The summed E-state index contributed by atoms with van der Waals surface area (Å²) in [5.74, 6) is 0. The van der Waals surface area contributed by atoms with Gasteiger partial charge in [-0.2, -0.15) is 0 Å². The van der Waals surface area contributed by atoms with E-state index in [1.165, 1.54) is 4.88 Å². The molecule has 0 aliphatic heterocycles. The van der Waals surface area contributed by atoms with E-state index in [0.29, 0.717) is 0 Å². The summed E-state index contributed by atoms with van der Waals surface area (Å²) in [5, 5.41) is 7.20. The van der Waals surface area contributed by atoms with Crippen molar-refractivity contribution in [1.82, 2.24) is 9.97 Å². The Labute approximate surface area is 97.2 Å². The van der Waals surface area contributed by atoms with Gasteiger partial charge in [-0.05, 0) is 13.3 Å². The molecule has 0 bridgehead atoms. The second kappa shape index (κ2) is 4.28. The minimum absolute atomic E-state index is 0.957. The van der Waals surface area contributed by atoms with Crippen LogP contribution < -0.4 is 5.32 Å². The molecule has 0 aromatic carbocycles. The molecule has 15 heavy (non-hydrogen) atoms. The van der Waals surface area contributed by atoms with Crippen LogP contribution in [0, 0.1) is 6.92 Å². The van der Waals surface area contributed by atoms with E-state index in [2.05, 4.69) is 27.6 Å². The Morgan fingerprint density at radius 2 is 2.20 bits per heavy atom. The molecule has 0 spiro atoms. The van der Waals surface area contributed by atoms with Crippen LogP contribution in [0.4, 0.5) is 5.13 Å². The van der Waals surface area contributed by atoms with Gasteiger partial charge in [0.25, 0.3) is 0 Å². The summed E-state index contributed by atoms with van der Waals surface area (Å²) in [7, 11) is 1.89. The van der Waals surface area contributed by atoms with Crippen molar-refractivity contribution in [3.05, 3.63) is 16.1 Å². The zero-order chi connectivity index (χ0) is 10.8. The van der Waals surface area contributed by atoms with E-state index in [1.807, 2.05) is 14.0 Å². The Balaban J connectivity index is 2.43. The number of aryl methyl sites for hydroxylation is 2. The van der Waals surface area contributed by atoms with Gasteiger partial charge < -0.3 is 5.32 Å². The van der Waals surface area contributed by atoms with E-state index in [0.717, 1.165) is 27.9 Å². The topological polar surface area (TPSA) is 37.8 Å². The van der Waals surface area contributed by atoms with E-state index in [4.69, 9.17) is 0 Å². The van der Waals surface area contributed by atoms with Crippen molar-refractivity contribution in [2.24, 2.45) is 0 Å². The molecule has 0 saturated carbocycles. The van der Waals surface area contributed by atoms with E-state index in [-0.39, 0.29) is 0 Å². The number of anilines is 1. The summed E-state index contributed by atoms with van der Waals surface area (Å²) in [4.78, 5) is 10.2. The summed E-state index contributed by atoms with van der Waals surface area (Å²) in [6, 6.07) is 0. The SMILES string of the molecule is CCc1nc(C)sc1-c1csc(NC)n1. The molecule has 5 heteroatoms. The average molecular weight is 239 g/mol. The Kier molecular flexibility index (Phi) is 3.02. The van der Waals surface area contributed by atoms with Crippen LogP contribution in [0.2, 0.25) is 0 Å². The van der Waals surface area contributed by atoms with Crippen LogP contribution in [0.1, 0.15) is 17.6 Å². The number of nitrogens with zero attached hydrogens (tertiary/aromatic N) is 2. The maximum Gasteiger partial charge on any atom is 0.182 e. The quantitative estimate of drug-likeness (QED) is 0.894. The Hall–Kier alpha value is -0.940. The molecule has 0 unspecified atom stereocenters. The molecule has 0 amide bonds. The van der Waals surface area contributed by atoms with Crippen molar-refractivity contribution in [1.29, 1.82) is 0 Å².